The number of rotatable bonds is 2. The zero-order chi connectivity index (χ0) is 11.6. The molecule has 1 heterocycles. The Balaban J connectivity index is 2.54. The van der Waals surface area contributed by atoms with Gasteiger partial charge in [0.15, 0.2) is 0 Å². The van der Waals surface area contributed by atoms with Crippen LogP contribution in [0, 0.1) is 17.8 Å². The molecule has 0 bridgehead atoms. The smallest absolute Gasteiger partial charge is 0.225 e. The molecule has 0 aliphatic carbocycles. The fraction of sp³-hybridized carbons (Fsp3) is 0.917. The summed E-state index contributed by atoms with van der Waals surface area (Å²) >= 11 is 0. The quantitative estimate of drug-likeness (QED) is 0.755. The van der Waals surface area contributed by atoms with Crippen LogP contribution in [-0.4, -0.2) is 35.1 Å². The highest BCUT2D eigenvalue weighted by atomic mass is 16.3. The lowest BCUT2D eigenvalue weighted by Gasteiger charge is -2.36. The van der Waals surface area contributed by atoms with E-state index in [9.17, 15) is 9.90 Å². The minimum atomic E-state index is -0.345. The summed E-state index contributed by atoms with van der Waals surface area (Å²) in [5.74, 6) is 0.943. The van der Waals surface area contributed by atoms with Crippen LogP contribution in [0.5, 0.6) is 0 Å². The fourth-order valence-electron chi connectivity index (χ4n) is 1.82. The average molecular weight is 213 g/mol. The van der Waals surface area contributed by atoms with Crippen molar-refractivity contribution in [3.05, 3.63) is 0 Å². The van der Waals surface area contributed by atoms with Crippen LogP contribution in [0.1, 0.15) is 34.1 Å². The van der Waals surface area contributed by atoms with Gasteiger partial charge in [0.1, 0.15) is 0 Å². The number of carbonyl (C=O) groups excluding carboxylic acids is 1. The van der Waals surface area contributed by atoms with E-state index in [0.29, 0.717) is 18.4 Å². The van der Waals surface area contributed by atoms with Crippen LogP contribution in [-0.2, 0) is 4.79 Å². The molecule has 1 N–H and O–H groups in total. The molecule has 3 nitrogen and oxygen atoms in total. The largest absolute Gasteiger partial charge is 0.391 e. The molecule has 1 fully saturated rings. The van der Waals surface area contributed by atoms with Gasteiger partial charge in [-0.2, -0.15) is 0 Å². The standard InChI is InChI=1S/C12H23NO2/c1-8(2)10(4)12(15)13-6-5-9(3)11(14)7-13/h8-11,14H,5-7H2,1-4H3. The van der Waals surface area contributed by atoms with E-state index in [1.807, 2.05) is 18.7 Å². The van der Waals surface area contributed by atoms with Crippen LogP contribution in [0.2, 0.25) is 0 Å². The van der Waals surface area contributed by atoms with Crippen LogP contribution in [0.15, 0.2) is 0 Å². The van der Waals surface area contributed by atoms with Gasteiger partial charge >= 0.3 is 0 Å². The molecule has 1 amide bonds. The van der Waals surface area contributed by atoms with E-state index in [1.165, 1.54) is 0 Å². The number of hydrogen-bond acceptors (Lipinski definition) is 2. The minimum Gasteiger partial charge on any atom is -0.391 e. The summed E-state index contributed by atoms with van der Waals surface area (Å²) in [6, 6.07) is 0. The van der Waals surface area contributed by atoms with Gasteiger partial charge in [-0.1, -0.05) is 27.7 Å². The molecular formula is C12H23NO2. The van der Waals surface area contributed by atoms with Crippen LogP contribution in [0.3, 0.4) is 0 Å². The van der Waals surface area contributed by atoms with E-state index in [2.05, 4.69) is 13.8 Å². The highest BCUT2D eigenvalue weighted by molar-refractivity contribution is 5.78. The van der Waals surface area contributed by atoms with Gasteiger partial charge in [-0.25, -0.2) is 0 Å². The van der Waals surface area contributed by atoms with Crippen molar-refractivity contribution in [1.29, 1.82) is 0 Å². The molecule has 88 valence electrons. The van der Waals surface area contributed by atoms with Gasteiger partial charge in [-0.3, -0.25) is 4.79 Å². The number of β-amino-alcohol motifs (C(OH)–C–C–N with tert-alkyl or cyclic N) is 1. The molecule has 3 atom stereocenters. The Labute approximate surface area is 92.5 Å². The van der Waals surface area contributed by atoms with Gasteiger partial charge in [0, 0.05) is 19.0 Å². The van der Waals surface area contributed by atoms with E-state index in [1.54, 1.807) is 0 Å². The summed E-state index contributed by atoms with van der Waals surface area (Å²) in [6.07, 6.45) is 0.569. The number of amides is 1. The van der Waals surface area contributed by atoms with E-state index in [0.717, 1.165) is 13.0 Å². The number of aliphatic hydroxyl groups is 1. The molecule has 0 saturated carbocycles. The zero-order valence-corrected chi connectivity index (χ0v) is 10.2. The third-order valence-corrected chi connectivity index (χ3v) is 3.62. The first-order valence-corrected chi connectivity index (χ1v) is 5.90. The van der Waals surface area contributed by atoms with E-state index < -0.39 is 0 Å². The van der Waals surface area contributed by atoms with Crippen molar-refractivity contribution in [1.82, 2.24) is 4.90 Å². The van der Waals surface area contributed by atoms with Crippen molar-refractivity contribution in [3.63, 3.8) is 0 Å². The number of piperidine rings is 1. The van der Waals surface area contributed by atoms with Crippen molar-refractivity contribution in [2.75, 3.05) is 13.1 Å². The normalized spacial score (nSPS) is 29.3. The molecule has 1 aliphatic rings. The monoisotopic (exact) mass is 213 g/mol. The maximum atomic E-state index is 12.0. The molecule has 3 heteroatoms. The summed E-state index contributed by atoms with van der Waals surface area (Å²) in [7, 11) is 0. The first-order valence-electron chi connectivity index (χ1n) is 5.90. The van der Waals surface area contributed by atoms with Crippen molar-refractivity contribution >= 4 is 5.91 Å². The second-order valence-electron chi connectivity index (χ2n) is 5.15. The SMILES string of the molecule is CC(C)C(C)C(=O)N1CCC(C)C(O)C1. The lowest BCUT2D eigenvalue weighted by atomic mass is 9.92. The third kappa shape index (κ3) is 2.94. The molecule has 15 heavy (non-hydrogen) atoms. The van der Waals surface area contributed by atoms with Gasteiger partial charge < -0.3 is 10.0 Å². The molecule has 0 radical (unpaired) electrons. The van der Waals surface area contributed by atoms with E-state index >= 15 is 0 Å². The Kier molecular flexibility index (Phi) is 4.14. The minimum absolute atomic E-state index is 0.0607. The Morgan fingerprint density at radius 2 is 2.00 bits per heavy atom. The third-order valence-electron chi connectivity index (χ3n) is 3.62. The van der Waals surface area contributed by atoms with Gasteiger partial charge in [0.25, 0.3) is 0 Å². The predicted molar refractivity (Wildman–Crippen MR) is 60.4 cm³/mol. The van der Waals surface area contributed by atoms with Gasteiger partial charge in [0.05, 0.1) is 6.10 Å². The van der Waals surface area contributed by atoms with E-state index in [4.69, 9.17) is 0 Å². The summed E-state index contributed by atoms with van der Waals surface area (Å²) in [5.41, 5.74) is 0. The van der Waals surface area contributed by atoms with Crippen LogP contribution < -0.4 is 0 Å². The van der Waals surface area contributed by atoms with Crippen molar-refractivity contribution in [2.24, 2.45) is 17.8 Å². The topological polar surface area (TPSA) is 40.5 Å². The molecule has 1 saturated heterocycles. The second kappa shape index (κ2) is 4.97. The summed E-state index contributed by atoms with van der Waals surface area (Å²) in [4.78, 5) is 13.8. The maximum Gasteiger partial charge on any atom is 0.225 e. The Hall–Kier alpha value is -0.570. The Morgan fingerprint density at radius 3 is 2.47 bits per heavy atom. The van der Waals surface area contributed by atoms with Crippen LogP contribution in [0.4, 0.5) is 0 Å². The van der Waals surface area contributed by atoms with E-state index in [-0.39, 0.29) is 17.9 Å². The number of nitrogens with zero attached hydrogens (tertiary/aromatic N) is 1. The highest BCUT2D eigenvalue weighted by Crippen LogP contribution is 2.20. The molecular weight excluding hydrogens is 190 g/mol. The molecule has 0 aromatic heterocycles. The van der Waals surface area contributed by atoms with Crippen molar-refractivity contribution in [3.8, 4) is 0 Å². The average Bonchev–Trinajstić information content (AvgIpc) is 2.19. The number of aliphatic hydroxyl groups excluding tert-OH is 1. The number of carbonyl (C=O) groups is 1. The van der Waals surface area contributed by atoms with Gasteiger partial charge in [-0.15, -0.1) is 0 Å². The molecule has 0 spiro atoms. The summed E-state index contributed by atoms with van der Waals surface area (Å²) in [6.45, 7) is 9.44. The lowest BCUT2D eigenvalue weighted by molar-refractivity contribution is -0.140. The highest BCUT2D eigenvalue weighted by Gasteiger charge is 2.30. The Bertz CT molecular complexity index is 228. The summed E-state index contributed by atoms with van der Waals surface area (Å²) < 4.78 is 0. The fourth-order valence-corrected chi connectivity index (χ4v) is 1.82. The number of likely N-dealkylation sites (tertiary alicyclic amines) is 1. The first-order chi connectivity index (χ1) is 6.93. The van der Waals surface area contributed by atoms with Gasteiger partial charge in [-0.05, 0) is 18.3 Å². The zero-order valence-electron chi connectivity index (χ0n) is 10.2. The Morgan fingerprint density at radius 1 is 1.40 bits per heavy atom. The van der Waals surface area contributed by atoms with Gasteiger partial charge in [0.2, 0.25) is 5.91 Å². The second-order valence-corrected chi connectivity index (χ2v) is 5.15. The first kappa shape index (κ1) is 12.5. The molecule has 3 unspecified atom stereocenters. The summed E-state index contributed by atoms with van der Waals surface area (Å²) in [5, 5.41) is 9.72. The maximum absolute atomic E-state index is 12.0. The van der Waals surface area contributed by atoms with Crippen LogP contribution >= 0.6 is 0 Å². The number of hydrogen-bond donors (Lipinski definition) is 1. The molecule has 1 aliphatic heterocycles. The van der Waals surface area contributed by atoms with Crippen molar-refractivity contribution < 1.29 is 9.90 Å². The van der Waals surface area contributed by atoms with Crippen LogP contribution in [0.25, 0.3) is 0 Å². The lowest BCUT2D eigenvalue weighted by Crippen LogP contribution is -2.48. The predicted octanol–water partition coefficient (Wildman–Crippen LogP) is 1.51. The molecule has 0 aromatic carbocycles. The van der Waals surface area contributed by atoms with Crippen molar-refractivity contribution in [2.45, 2.75) is 40.2 Å². The molecule has 1 rings (SSSR count). The molecule has 0 aromatic rings.